The number of ether oxygens (including phenoxy) is 1. The molecule has 0 fully saturated rings. The number of hydrogen-bond acceptors (Lipinski definition) is 9. The van der Waals surface area contributed by atoms with Gasteiger partial charge in [0.15, 0.2) is 20.8 Å². The van der Waals surface area contributed by atoms with Gasteiger partial charge >= 0.3 is 0 Å². The standard InChI is InChI=1S/C15H16N4O5S3/c1-2-25-15-19-18-14(26-15)17-12(20)5-6-27(22,23)9-3-4-11-10(7-9)16-13(21)8-24-11/h3-4,7H,2,5-6,8H2,1H3,(H,16,21)(H,17,18,20). The van der Waals surface area contributed by atoms with Crippen molar-refractivity contribution in [3.63, 3.8) is 0 Å². The third kappa shape index (κ3) is 4.96. The molecular formula is C15H16N4O5S3. The molecule has 0 spiro atoms. The molecule has 1 aromatic heterocycles. The molecule has 9 nitrogen and oxygen atoms in total. The number of carbonyl (C=O) groups is 2. The second-order valence-corrected chi connectivity index (χ2v) is 10.0. The Labute approximate surface area is 163 Å². The summed E-state index contributed by atoms with van der Waals surface area (Å²) in [6, 6.07) is 4.21. The summed E-state index contributed by atoms with van der Waals surface area (Å²) in [5.74, 6) is 0.0595. The van der Waals surface area contributed by atoms with Crippen molar-refractivity contribution in [3.05, 3.63) is 18.2 Å². The molecule has 0 atom stereocenters. The Hall–Kier alpha value is -2.18. The lowest BCUT2D eigenvalue weighted by molar-refractivity contribution is -0.118. The van der Waals surface area contributed by atoms with Crippen molar-refractivity contribution < 1.29 is 22.7 Å². The first kappa shape index (κ1) is 19.6. The van der Waals surface area contributed by atoms with Crippen molar-refractivity contribution >= 4 is 55.6 Å². The molecule has 2 N–H and O–H groups in total. The Balaban J connectivity index is 1.61. The highest BCUT2D eigenvalue weighted by Gasteiger charge is 2.22. The van der Waals surface area contributed by atoms with E-state index in [1.165, 1.54) is 41.3 Å². The number of anilines is 2. The third-order valence-electron chi connectivity index (χ3n) is 3.46. The van der Waals surface area contributed by atoms with Crippen molar-refractivity contribution in [2.75, 3.05) is 28.7 Å². The van der Waals surface area contributed by atoms with E-state index in [9.17, 15) is 18.0 Å². The van der Waals surface area contributed by atoms with Crippen molar-refractivity contribution in [1.29, 1.82) is 0 Å². The highest BCUT2D eigenvalue weighted by molar-refractivity contribution is 8.01. The van der Waals surface area contributed by atoms with Gasteiger partial charge in [-0.2, -0.15) is 0 Å². The molecule has 0 radical (unpaired) electrons. The molecule has 0 saturated carbocycles. The number of thioether (sulfide) groups is 1. The van der Waals surface area contributed by atoms with Crippen molar-refractivity contribution in [2.45, 2.75) is 22.6 Å². The summed E-state index contributed by atoms with van der Waals surface area (Å²) in [5, 5.41) is 13.2. The zero-order valence-corrected chi connectivity index (χ0v) is 16.7. The van der Waals surface area contributed by atoms with E-state index >= 15 is 0 Å². The van der Waals surface area contributed by atoms with Crippen LogP contribution in [0, 0.1) is 0 Å². The lowest BCUT2D eigenvalue weighted by Gasteiger charge is -2.18. The van der Waals surface area contributed by atoms with Crippen LogP contribution in [0.1, 0.15) is 13.3 Å². The average Bonchev–Trinajstić information content (AvgIpc) is 3.06. The summed E-state index contributed by atoms with van der Waals surface area (Å²) < 4.78 is 30.9. The monoisotopic (exact) mass is 428 g/mol. The van der Waals surface area contributed by atoms with Crippen LogP contribution < -0.4 is 15.4 Å². The van der Waals surface area contributed by atoms with Crippen molar-refractivity contribution in [3.8, 4) is 5.75 Å². The number of benzene rings is 1. The number of rotatable bonds is 7. The number of amides is 2. The maximum absolute atomic E-state index is 12.5. The van der Waals surface area contributed by atoms with Crippen LogP contribution in [0.15, 0.2) is 27.4 Å². The Kier molecular flexibility index (Phi) is 5.97. The quantitative estimate of drug-likeness (QED) is 0.505. The molecule has 12 heteroatoms. The molecule has 1 aliphatic rings. The minimum absolute atomic E-state index is 0.0115. The largest absolute Gasteiger partial charge is 0.482 e. The molecule has 2 heterocycles. The number of aromatic nitrogens is 2. The van der Waals surface area contributed by atoms with Crippen LogP contribution in [0.25, 0.3) is 0 Å². The zero-order chi connectivity index (χ0) is 19.4. The number of hydrogen-bond donors (Lipinski definition) is 2. The molecule has 27 heavy (non-hydrogen) atoms. The second-order valence-electron chi connectivity index (χ2n) is 5.42. The van der Waals surface area contributed by atoms with Crippen LogP contribution in [0.2, 0.25) is 0 Å². The Morgan fingerprint density at radius 3 is 3.00 bits per heavy atom. The van der Waals surface area contributed by atoms with E-state index in [0.29, 0.717) is 16.6 Å². The van der Waals surface area contributed by atoms with Crippen LogP contribution in [0.4, 0.5) is 10.8 Å². The predicted octanol–water partition coefficient (Wildman–Crippen LogP) is 1.78. The summed E-state index contributed by atoms with van der Waals surface area (Å²) in [6.07, 6.45) is -0.224. The molecule has 1 aromatic carbocycles. The van der Waals surface area contributed by atoms with Crippen LogP contribution >= 0.6 is 23.1 Å². The SMILES string of the molecule is CCSc1nnc(NC(=O)CCS(=O)(=O)c2ccc3c(c2)NC(=O)CO3)s1. The lowest BCUT2D eigenvalue weighted by atomic mass is 10.2. The number of sulfone groups is 1. The van der Waals surface area contributed by atoms with E-state index in [1.807, 2.05) is 6.92 Å². The minimum atomic E-state index is -3.71. The molecule has 0 aliphatic carbocycles. The van der Waals surface area contributed by atoms with Crippen LogP contribution in [-0.4, -0.2) is 48.5 Å². The molecule has 1 aliphatic heterocycles. The molecule has 144 valence electrons. The number of fused-ring (bicyclic) bond motifs is 1. The van der Waals surface area contributed by atoms with Gasteiger partial charge in [-0.15, -0.1) is 10.2 Å². The molecule has 3 rings (SSSR count). The van der Waals surface area contributed by atoms with Gasteiger partial charge in [-0.3, -0.25) is 9.59 Å². The lowest BCUT2D eigenvalue weighted by Crippen LogP contribution is -2.25. The van der Waals surface area contributed by atoms with Gasteiger partial charge in [0.05, 0.1) is 16.3 Å². The number of nitrogens with zero attached hydrogens (tertiary/aromatic N) is 2. The fraction of sp³-hybridized carbons (Fsp3) is 0.333. The number of carbonyl (C=O) groups excluding carboxylic acids is 2. The molecule has 0 saturated heterocycles. The summed E-state index contributed by atoms with van der Waals surface area (Å²) in [4.78, 5) is 23.4. The third-order valence-corrected chi connectivity index (χ3v) is 7.03. The smallest absolute Gasteiger partial charge is 0.262 e. The van der Waals surface area contributed by atoms with Gasteiger partial charge in [-0.25, -0.2) is 8.42 Å². The summed E-state index contributed by atoms with van der Waals surface area (Å²) in [7, 11) is -3.71. The second kappa shape index (κ2) is 8.23. The molecule has 2 aromatic rings. The van der Waals surface area contributed by atoms with Gasteiger partial charge in [-0.1, -0.05) is 30.0 Å². The van der Waals surface area contributed by atoms with Crippen LogP contribution in [-0.2, 0) is 19.4 Å². The first-order chi connectivity index (χ1) is 12.9. The zero-order valence-electron chi connectivity index (χ0n) is 14.2. The van der Waals surface area contributed by atoms with Gasteiger partial charge in [0.2, 0.25) is 11.0 Å². The number of nitrogens with one attached hydrogen (secondary N) is 2. The van der Waals surface area contributed by atoms with E-state index in [2.05, 4.69) is 20.8 Å². The summed E-state index contributed by atoms with van der Waals surface area (Å²) in [5.41, 5.74) is 0.298. The summed E-state index contributed by atoms with van der Waals surface area (Å²) >= 11 is 2.74. The van der Waals surface area contributed by atoms with E-state index in [0.717, 1.165) is 10.1 Å². The van der Waals surface area contributed by atoms with Gasteiger partial charge in [0.25, 0.3) is 5.91 Å². The van der Waals surface area contributed by atoms with E-state index in [1.54, 1.807) is 0 Å². The Morgan fingerprint density at radius 2 is 2.22 bits per heavy atom. The van der Waals surface area contributed by atoms with Crippen LogP contribution in [0.3, 0.4) is 0 Å². The van der Waals surface area contributed by atoms with E-state index in [-0.39, 0.29) is 29.6 Å². The first-order valence-corrected chi connectivity index (χ1v) is 11.4. The molecule has 0 unspecified atom stereocenters. The van der Waals surface area contributed by atoms with Crippen molar-refractivity contribution in [2.24, 2.45) is 0 Å². The molecule has 2 amide bonds. The molecular weight excluding hydrogens is 412 g/mol. The van der Waals surface area contributed by atoms with Gasteiger partial charge in [0.1, 0.15) is 5.75 Å². The van der Waals surface area contributed by atoms with Gasteiger partial charge < -0.3 is 15.4 Å². The highest BCUT2D eigenvalue weighted by Crippen LogP contribution is 2.30. The predicted molar refractivity (Wildman–Crippen MR) is 102 cm³/mol. The minimum Gasteiger partial charge on any atom is -0.482 e. The van der Waals surface area contributed by atoms with Crippen molar-refractivity contribution in [1.82, 2.24) is 10.2 Å². The first-order valence-electron chi connectivity index (χ1n) is 7.93. The Bertz CT molecular complexity index is 974. The average molecular weight is 429 g/mol. The fourth-order valence-corrected chi connectivity index (χ4v) is 5.15. The highest BCUT2D eigenvalue weighted by atomic mass is 32.2. The van der Waals surface area contributed by atoms with Gasteiger partial charge in [0, 0.05) is 6.42 Å². The van der Waals surface area contributed by atoms with E-state index in [4.69, 9.17) is 4.74 Å². The molecule has 0 bridgehead atoms. The van der Waals surface area contributed by atoms with E-state index < -0.39 is 15.7 Å². The van der Waals surface area contributed by atoms with Crippen LogP contribution in [0.5, 0.6) is 5.75 Å². The van der Waals surface area contributed by atoms with Gasteiger partial charge in [-0.05, 0) is 24.0 Å². The Morgan fingerprint density at radius 1 is 1.41 bits per heavy atom. The normalized spacial score (nSPS) is 13.4. The topological polar surface area (TPSA) is 127 Å². The maximum Gasteiger partial charge on any atom is 0.262 e. The fourth-order valence-electron chi connectivity index (χ4n) is 2.22. The maximum atomic E-state index is 12.5. The summed E-state index contributed by atoms with van der Waals surface area (Å²) in [6.45, 7) is 1.87.